The molecule has 1 N–H and O–H groups in total. The number of amides is 1. The Balaban J connectivity index is 1.87. The molecule has 0 aliphatic rings. The van der Waals surface area contributed by atoms with Crippen LogP contribution in [-0.4, -0.2) is 21.6 Å². The third kappa shape index (κ3) is 5.08. The molecule has 0 spiro atoms. The topological polar surface area (TPSA) is 46.9 Å². The van der Waals surface area contributed by atoms with Crippen LogP contribution in [0, 0.1) is 11.8 Å². The van der Waals surface area contributed by atoms with Gasteiger partial charge in [-0.1, -0.05) is 43.2 Å². The molecule has 0 aliphatic carbocycles. The number of anilines is 1. The standard InChI is InChI=1S/C23H21F2N3O/c1-4-20-19(15-28(3)27-20)22(29)26-21-8-6-5-7-18(21)17-11-9-16(10-12-17)13-14-23(2,24)25/h5-12,15H,4H2,1-3H3,(H,26,29). The van der Waals surface area contributed by atoms with Crippen molar-refractivity contribution in [3.63, 3.8) is 0 Å². The second-order valence-corrected chi connectivity index (χ2v) is 6.73. The molecule has 2 aromatic carbocycles. The fraction of sp³-hybridized carbons (Fsp3) is 0.217. The van der Waals surface area contributed by atoms with Crippen molar-refractivity contribution < 1.29 is 13.6 Å². The minimum atomic E-state index is -3.03. The van der Waals surface area contributed by atoms with Crippen LogP contribution in [0.5, 0.6) is 0 Å². The highest BCUT2D eigenvalue weighted by Gasteiger charge is 2.17. The highest BCUT2D eigenvalue weighted by atomic mass is 19.3. The number of rotatable bonds is 4. The van der Waals surface area contributed by atoms with Gasteiger partial charge in [-0.05, 0) is 36.1 Å². The van der Waals surface area contributed by atoms with Crippen LogP contribution in [0.3, 0.4) is 0 Å². The van der Waals surface area contributed by atoms with Gasteiger partial charge in [0.15, 0.2) is 0 Å². The van der Waals surface area contributed by atoms with Gasteiger partial charge in [0.05, 0.1) is 11.3 Å². The van der Waals surface area contributed by atoms with Gasteiger partial charge in [-0.15, -0.1) is 0 Å². The predicted octanol–water partition coefficient (Wildman–Crippen LogP) is 4.91. The molecule has 0 atom stereocenters. The van der Waals surface area contributed by atoms with E-state index < -0.39 is 5.92 Å². The second-order valence-electron chi connectivity index (χ2n) is 6.73. The monoisotopic (exact) mass is 393 g/mol. The summed E-state index contributed by atoms with van der Waals surface area (Å²) in [5.41, 5.74) is 4.09. The van der Waals surface area contributed by atoms with Crippen LogP contribution in [-0.2, 0) is 13.5 Å². The SMILES string of the molecule is CCc1nn(C)cc1C(=O)Nc1ccccc1-c1ccc(C#CC(C)(F)F)cc1. The molecular formula is C23H21F2N3O. The second kappa shape index (κ2) is 8.27. The smallest absolute Gasteiger partial charge is 0.305 e. The fourth-order valence-corrected chi connectivity index (χ4v) is 2.93. The summed E-state index contributed by atoms with van der Waals surface area (Å²) in [6, 6.07) is 14.4. The van der Waals surface area contributed by atoms with Gasteiger partial charge in [-0.3, -0.25) is 9.48 Å². The zero-order chi connectivity index (χ0) is 21.0. The fourth-order valence-electron chi connectivity index (χ4n) is 2.93. The molecule has 3 aromatic rings. The quantitative estimate of drug-likeness (QED) is 0.641. The molecule has 29 heavy (non-hydrogen) atoms. The molecule has 0 bridgehead atoms. The Hall–Kier alpha value is -3.46. The lowest BCUT2D eigenvalue weighted by molar-refractivity contribution is 0.0889. The summed E-state index contributed by atoms with van der Waals surface area (Å²) in [5.74, 6) is 1.13. The Bertz CT molecular complexity index is 1080. The van der Waals surface area contributed by atoms with E-state index in [1.807, 2.05) is 37.1 Å². The van der Waals surface area contributed by atoms with Gasteiger partial charge in [0.2, 0.25) is 0 Å². The zero-order valence-corrected chi connectivity index (χ0v) is 16.5. The van der Waals surface area contributed by atoms with Crippen molar-refractivity contribution in [2.75, 3.05) is 5.32 Å². The van der Waals surface area contributed by atoms with Crippen LogP contribution < -0.4 is 5.32 Å². The number of halogens is 2. The number of aromatic nitrogens is 2. The highest BCUT2D eigenvalue weighted by molar-refractivity contribution is 6.06. The third-order valence-electron chi connectivity index (χ3n) is 4.28. The van der Waals surface area contributed by atoms with Gasteiger partial charge in [-0.2, -0.15) is 13.9 Å². The van der Waals surface area contributed by atoms with Crippen molar-refractivity contribution in [1.29, 1.82) is 0 Å². The summed E-state index contributed by atoms with van der Waals surface area (Å²) in [6.45, 7) is 2.71. The number of alkyl halides is 2. The van der Waals surface area contributed by atoms with Crippen LogP contribution in [0.25, 0.3) is 11.1 Å². The number of nitrogens with zero attached hydrogens (tertiary/aromatic N) is 2. The Morgan fingerprint density at radius 2 is 1.86 bits per heavy atom. The molecule has 3 rings (SSSR count). The number of hydrogen-bond acceptors (Lipinski definition) is 2. The van der Waals surface area contributed by atoms with E-state index in [-0.39, 0.29) is 5.91 Å². The molecule has 0 aliphatic heterocycles. The molecule has 1 heterocycles. The van der Waals surface area contributed by atoms with Crippen LogP contribution >= 0.6 is 0 Å². The largest absolute Gasteiger partial charge is 0.321 e. The molecule has 148 valence electrons. The molecule has 0 unspecified atom stereocenters. The molecule has 0 fully saturated rings. The summed E-state index contributed by atoms with van der Waals surface area (Å²) in [7, 11) is 1.78. The van der Waals surface area contributed by atoms with E-state index in [0.717, 1.165) is 23.7 Å². The van der Waals surface area contributed by atoms with E-state index in [1.54, 1.807) is 42.2 Å². The van der Waals surface area contributed by atoms with Crippen molar-refractivity contribution in [2.45, 2.75) is 26.2 Å². The number of hydrogen-bond donors (Lipinski definition) is 1. The van der Waals surface area contributed by atoms with E-state index >= 15 is 0 Å². The number of carbonyl (C=O) groups excluding carboxylic acids is 1. The first-order valence-electron chi connectivity index (χ1n) is 9.21. The van der Waals surface area contributed by atoms with E-state index in [1.165, 1.54) is 0 Å². The summed E-state index contributed by atoms with van der Waals surface area (Å²) < 4.78 is 27.4. The van der Waals surface area contributed by atoms with E-state index in [9.17, 15) is 13.6 Å². The Morgan fingerprint density at radius 1 is 1.17 bits per heavy atom. The summed E-state index contributed by atoms with van der Waals surface area (Å²) in [6.07, 6.45) is 2.36. The van der Waals surface area contributed by atoms with Gasteiger partial charge in [0, 0.05) is 37.0 Å². The molecule has 0 saturated heterocycles. The van der Waals surface area contributed by atoms with E-state index in [2.05, 4.69) is 16.3 Å². The zero-order valence-electron chi connectivity index (χ0n) is 16.5. The van der Waals surface area contributed by atoms with Crippen LogP contribution in [0.2, 0.25) is 0 Å². The molecule has 4 nitrogen and oxygen atoms in total. The highest BCUT2D eigenvalue weighted by Crippen LogP contribution is 2.28. The lowest BCUT2D eigenvalue weighted by atomic mass is 10.0. The van der Waals surface area contributed by atoms with Crippen LogP contribution in [0.4, 0.5) is 14.5 Å². The predicted molar refractivity (Wildman–Crippen MR) is 110 cm³/mol. The number of para-hydroxylation sites is 1. The van der Waals surface area contributed by atoms with Gasteiger partial charge in [0.1, 0.15) is 0 Å². The van der Waals surface area contributed by atoms with Gasteiger partial charge < -0.3 is 5.32 Å². The van der Waals surface area contributed by atoms with Gasteiger partial charge in [-0.25, -0.2) is 0 Å². The van der Waals surface area contributed by atoms with Crippen molar-refractivity contribution in [1.82, 2.24) is 9.78 Å². The number of aryl methyl sites for hydroxylation is 2. The van der Waals surface area contributed by atoms with Crippen molar-refractivity contribution >= 4 is 11.6 Å². The lowest BCUT2D eigenvalue weighted by Crippen LogP contribution is -2.13. The third-order valence-corrected chi connectivity index (χ3v) is 4.28. The van der Waals surface area contributed by atoms with Crippen LogP contribution in [0.1, 0.15) is 35.5 Å². The van der Waals surface area contributed by atoms with E-state index in [4.69, 9.17) is 0 Å². The molecule has 6 heteroatoms. The minimum Gasteiger partial charge on any atom is -0.321 e. The summed E-state index contributed by atoms with van der Waals surface area (Å²) in [5, 5.41) is 7.26. The average molecular weight is 393 g/mol. The normalized spacial score (nSPS) is 10.9. The van der Waals surface area contributed by atoms with E-state index in [0.29, 0.717) is 23.2 Å². The molecule has 0 saturated carbocycles. The summed E-state index contributed by atoms with van der Waals surface area (Å²) >= 11 is 0. The Morgan fingerprint density at radius 3 is 2.52 bits per heavy atom. The molecule has 0 radical (unpaired) electrons. The molecule has 1 amide bonds. The van der Waals surface area contributed by atoms with Crippen LogP contribution in [0.15, 0.2) is 54.7 Å². The van der Waals surface area contributed by atoms with Crippen molar-refractivity contribution in [3.05, 3.63) is 71.5 Å². The van der Waals surface area contributed by atoms with Gasteiger partial charge in [0.25, 0.3) is 5.91 Å². The van der Waals surface area contributed by atoms with Crippen molar-refractivity contribution in [3.8, 4) is 23.0 Å². The Kier molecular flexibility index (Phi) is 5.79. The summed E-state index contributed by atoms with van der Waals surface area (Å²) in [4.78, 5) is 12.8. The lowest BCUT2D eigenvalue weighted by Gasteiger charge is -2.11. The maximum Gasteiger partial charge on any atom is 0.305 e. The first kappa shape index (κ1) is 20.3. The average Bonchev–Trinajstić information content (AvgIpc) is 3.08. The molecule has 1 aromatic heterocycles. The molecular weight excluding hydrogens is 372 g/mol. The maximum absolute atomic E-state index is 12.9. The number of carbonyl (C=O) groups is 1. The van der Waals surface area contributed by atoms with Gasteiger partial charge >= 0.3 is 5.92 Å². The minimum absolute atomic E-state index is 0.227. The van der Waals surface area contributed by atoms with Crippen molar-refractivity contribution in [2.24, 2.45) is 7.05 Å². The first-order valence-corrected chi connectivity index (χ1v) is 9.21. The maximum atomic E-state index is 12.9. The Labute approximate surface area is 168 Å². The number of nitrogens with one attached hydrogen (secondary N) is 1. The first-order chi connectivity index (χ1) is 13.8. The number of benzene rings is 2.